The first-order chi connectivity index (χ1) is 7.66. The van der Waals surface area contributed by atoms with Crippen LogP contribution in [0.4, 0.5) is 0 Å². The number of benzene rings is 1. The molecule has 0 fully saturated rings. The Morgan fingerprint density at radius 1 is 1.38 bits per heavy atom. The van der Waals surface area contributed by atoms with E-state index < -0.39 is 0 Å². The molecule has 0 amide bonds. The summed E-state index contributed by atoms with van der Waals surface area (Å²) in [6.07, 6.45) is 6.41. The minimum atomic E-state index is 0.0552. The highest BCUT2D eigenvalue weighted by molar-refractivity contribution is 6.35. The second-order valence-corrected chi connectivity index (χ2v) is 3.99. The van der Waals surface area contributed by atoms with Gasteiger partial charge >= 0.3 is 0 Å². The van der Waals surface area contributed by atoms with Gasteiger partial charge < -0.3 is 9.67 Å². The second-order valence-electron chi connectivity index (χ2n) is 3.15. The van der Waals surface area contributed by atoms with Crippen molar-refractivity contribution in [3.63, 3.8) is 0 Å². The molecule has 2 aromatic rings. The Kier molecular flexibility index (Phi) is 3.17. The van der Waals surface area contributed by atoms with Gasteiger partial charge in [0.1, 0.15) is 5.76 Å². The summed E-state index contributed by atoms with van der Waals surface area (Å²) in [7, 11) is 0. The molecule has 5 heteroatoms. The molecule has 0 aliphatic carbocycles. The third-order valence-corrected chi connectivity index (χ3v) is 2.55. The van der Waals surface area contributed by atoms with Gasteiger partial charge in [0.05, 0.1) is 17.5 Å². The van der Waals surface area contributed by atoms with Crippen LogP contribution in [0.15, 0.2) is 36.9 Å². The summed E-state index contributed by atoms with van der Waals surface area (Å²) in [6.45, 7) is 0. The van der Waals surface area contributed by atoms with Crippen LogP contribution >= 0.6 is 23.2 Å². The molecule has 0 atom stereocenters. The van der Waals surface area contributed by atoms with E-state index in [1.165, 1.54) is 6.20 Å². The summed E-state index contributed by atoms with van der Waals surface area (Å²) >= 11 is 11.7. The molecule has 0 saturated carbocycles. The van der Waals surface area contributed by atoms with Gasteiger partial charge in [-0.05, 0) is 18.2 Å². The quantitative estimate of drug-likeness (QED) is 0.831. The average Bonchev–Trinajstić information content (AvgIpc) is 2.70. The van der Waals surface area contributed by atoms with Gasteiger partial charge in [-0.15, -0.1) is 0 Å². The number of aliphatic hydroxyl groups excluding tert-OH is 1. The van der Waals surface area contributed by atoms with Crippen molar-refractivity contribution < 1.29 is 5.11 Å². The highest BCUT2D eigenvalue weighted by Crippen LogP contribution is 2.25. The molecule has 0 radical (unpaired) electrons. The average molecular weight is 255 g/mol. The van der Waals surface area contributed by atoms with Gasteiger partial charge in [0.25, 0.3) is 0 Å². The van der Waals surface area contributed by atoms with E-state index in [4.69, 9.17) is 23.2 Å². The Morgan fingerprint density at radius 3 is 2.81 bits per heavy atom. The molecule has 1 N–H and O–H groups in total. The van der Waals surface area contributed by atoms with Gasteiger partial charge in [0.2, 0.25) is 0 Å². The van der Waals surface area contributed by atoms with E-state index in [0.29, 0.717) is 15.6 Å². The zero-order valence-corrected chi connectivity index (χ0v) is 9.65. The smallest absolute Gasteiger partial charge is 0.140 e. The predicted molar refractivity (Wildman–Crippen MR) is 65.5 cm³/mol. The lowest BCUT2D eigenvalue weighted by atomic mass is 10.2. The Hall–Kier alpha value is -1.45. The number of hydrogen-bond acceptors (Lipinski definition) is 2. The second kappa shape index (κ2) is 4.60. The van der Waals surface area contributed by atoms with Crippen LogP contribution in [-0.4, -0.2) is 14.7 Å². The van der Waals surface area contributed by atoms with Gasteiger partial charge in [-0.1, -0.05) is 23.2 Å². The molecule has 0 bridgehead atoms. The van der Waals surface area contributed by atoms with E-state index in [-0.39, 0.29) is 5.76 Å². The van der Waals surface area contributed by atoms with Crippen LogP contribution in [0.1, 0.15) is 5.56 Å². The predicted octanol–water partition coefficient (Wildman–Crippen LogP) is 3.70. The number of hydrogen-bond donors (Lipinski definition) is 1. The number of nitrogens with zero attached hydrogens (tertiary/aromatic N) is 2. The van der Waals surface area contributed by atoms with E-state index in [9.17, 15) is 5.11 Å². The summed E-state index contributed by atoms with van der Waals surface area (Å²) in [5.41, 5.74) is 0.528. The number of aromatic nitrogens is 2. The third kappa shape index (κ3) is 2.38. The standard InChI is InChI=1S/C11H8Cl2N2O/c12-8-1-2-9(10(13)5-8)11(16)6-15-4-3-14-7-15/h1-7,16H. The molecule has 0 unspecified atom stereocenters. The lowest BCUT2D eigenvalue weighted by Crippen LogP contribution is -1.88. The Labute approximate surface area is 103 Å². The fraction of sp³-hybridized carbons (Fsp3) is 0. The molecule has 1 aromatic heterocycles. The van der Waals surface area contributed by atoms with Crippen molar-refractivity contribution in [1.82, 2.24) is 9.55 Å². The van der Waals surface area contributed by atoms with Crippen LogP contribution in [0.3, 0.4) is 0 Å². The maximum absolute atomic E-state index is 9.85. The maximum Gasteiger partial charge on any atom is 0.140 e. The van der Waals surface area contributed by atoms with Crippen molar-refractivity contribution in [2.75, 3.05) is 0 Å². The number of aliphatic hydroxyl groups is 1. The topological polar surface area (TPSA) is 38.0 Å². The summed E-state index contributed by atoms with van der Waals surface area (Å²) in [6, 6.07) is 4.91. The monoisotopic (exact) mass is 254 g/mol. The van der Waals surface area contributed by atoms with Gasteiger partial charge in [0, 0.05) is 23.0 Å². The molecular weight excluding hydrogens is 247 g/mol. The molecule has 0 aliphatic rings. The number of rotatable bonds is 2. The van der Waals surface area contributed by atoms with Crippen LogP contribution in [0.5, 0.6) is 0 Å². The van der Waals surface area contributed by atoms with Crippen molar-refractivity contribution in [3.05, 3.63) is 52.5 Å². The van der Waals surface area contributed by atoms with E-state index in [0.717, 1.165) is 0 Å². The maximum atomic E-state index is 9.85. The molecule has 1 heterocycles. The van der Waals surface area contributed by atoms with Crippen LogP contribution in [0.25, 0.3) is 12.0 Å². The molecule has 3 nitrogen and oxygen atoms in total. The normalized spacial score (nSPS) is 11.8. The van der Waals surface area contributed by atoms with Crippen LogP contribution in [0.2, 0.25) is 10.0 Å². The van der Waals surface area contributed by atoms with Crippen molar-refractivity contribution in [2.45, 2.75) is 0 Å². The van der Waals surface area contributed by atoms with Crippen molar-refractivity contribution in [3.8, 4) is 0 Å². The summed E-state index contributed by atoms with van der Waals surface area (Å²) < 4.78 is 1.63. The molecule has 82 valence electrons. The van der Waals surface area contributed by atoms with Crippen molar-refractivity contribution in [1.29, 1.82) is 0 Å². The van der Waals surface area contributed by atoms with Crippen LogP contribution in [0, 0.1) is 0 Å². The van der Waals surface area contributed by atoms with Crippen molar-refractivity contribution in [2.24, 2.45) is 0 Å². The first-order valence-corrected chi connectivity index (χ1v) is 5.26. The first-order valence-electron chi connectivity index (χ1n) is 4.50. The van der Waals surface area contributed by atoms with Gasteiger partial charge in [-0.2, -0.15) is 0 Å². The Balaban J connectivity index is 2.37. The highest BCUT2D eigenvalue weighted by atomic mass is 35.5. The van der Waals surface area contributed by atoms with Crippen LogP contribution in [-0.2, 0) is 0 Å². The molecular formula is C11H8Cl2N2O. The Morgan fingerprint density at radius 2 is 2.19 bits per heavy atom. The fourth-order valence-electron chi connectivity index (χ4n) is 1.25. The zero-order chi connectivity index (χ0) is 11.5. The minimum Gasteiger partial charge on any atom is -0.506 e. The molecule has 0 saturated heterocycles. The number of imidazole rings is 1. The first kappa shape index (κ1) is 11.0. The summed E-state index contributed by atoms with van der Waals surface area (Å²) in [5, 5.41) is 10.8. The molecule has 1 aromatic carbocycles. The van der Waals surface area contributed by atoms with Crippen molar-refractivity contribution >= 4 is 35.2 Å². The summed E-state index contributed by atoms with van der Waals surface area (Å²) in [5.74, 6) is 0.0552. The lowest BCUT2D eigenvalue weighted by molar-refractivity contribution is 0.513. The Bertz CT molecular complexity index is 521. The van der Waals surface area contributed by atoms with Gasteiger partial charge in [-0.3, -0.25) is 0 Å². The summed E-state index contributed by atoms with van der Waals surface area (Å²) in [4.78, 5) is 3.86. The fourth-order valence-corrected chi connectivity index (χ4v) is 1.76. The number of halogens is 2. The van der Waals surface area contributed by atoms with E-state index >= 15 is 0 Å². The molecule has 16 heavy (non-hydrogen) atoms. The van der Waals surface area contributed by atoms with E-state index in [2.05, 4.69) is 4.98 Å². The van der Waals surface area contributed by atoms with Crippen LogP contribution < -0.4 is 0 Å². The lowest BCUT2D eigenvalue weighted by Gasteiger charge is -2.03. The van der Waals surface area contributed by atoms with E-state index in [1.54, 1.807) is 41.5 Å². The van der Waals surface area contributed by atoms with Gasteiger partial charge in [0.15, 0.2) is 0 Å². The molecule has 0 aliphatic heterocycles. The molecule has 2 rings (SSSR count). The largest absolute Gasteiger partial charge is 0.506 e. The minimum absolute atomic E-state index is 0.0552. The molecule has 0 spiro atoms. The third-order valence-electron chi connectivity index (χ3n) is 2.00. The zero-order valence-electron chi connectivity index (χ0n) is 8.14. The van der Waals surface area contributed by atoms with E-state index in [1.807, 2.05) is 0 Å². The SMILES string of the molecule is OC(=Cn1ccnc1)c1ccc(Cl)cc1Cl. The van der Waals surface area contributed by atoms with Gasteiger partial charge in [-0.25, -0.2) is 4.98 Å². The highest BCUT2D eigenvalue weighted by Gasteiger charge is 2.05.